The van der Waals surface area contributed by atoms with Crippen molar-refractivity contribution in [2.45, 2.75) is 0 Å². The number of nitrogen functional groups attached to an aromatic ring is 1. The summed E-state index contributed by atoms with van der Waals surface area (Å²) in [5, 5.41) is 2.58. The Morgan fingerprint density at radius 1 is 1.30 bits per heavy atom. The molecular formula is C14H12BrFN2O2. The first-order valence-electron chi connectivity index (χ1n) is 5.71. The summed E-state index contributed by atoms with van der Waals surface area (Å²) < 4.78 is 19.4. The highest BCUT2D eigenvalue weighted by molar-refractivity contribution is 9.10. The largest absolute Gasteiger partial charge is 0.497 e. The summed E-state index contributed by atoms with van der Waals surface area (Å²) in [5.74, 6) is -0.842. The molecule has 4 nitrogen and oxygen atoms in total. The van der Waals surface area contributed by atoms with E-state index < -0.39 is 11.7 Å². The third-order valence-electron chi connectivity index (χ3n) is 2.67. The third kappa shape index (κ3) is 3.08. The SMILES string of the molecule is COc1ccc(C(=O)Nc2ccc(Br)c(N)c2)c(F)c1. The molecule has 0 fully saturated rings. The molecule has 2 aromatic carbocycles. The van der Waals surface area contributed by atoms with Crippen LogP contribution in [0.25, 0.3) is 0 Å². The van der Waals surface area contributed by atoms with Gasteiger partial charge in [0, 0.05) is 21.9 Å². The molecule has 0 spiro atoms. The van der Waals surface area contributed by atoms with Gasteiger partial charge in [0.2, 0.25) is 0 Å². The molecule has 0 aliphatic rings. The highest BCUT2D eigenvalue weighted by Crippen LogP contribution is 2.24. The van der Waals surface area contributed by atoms with E-state index in [1.165, 1.54) is 19.2 Å². The van der Waals surface area contributed by atoms with Crippen molar-refractivity contribution in [1.82, 2.24) is 0 Å². The van der Waals surface area contributed by atoms with Crippen molar-refractivity contribution in [2.24, 2.45) is 0 Å². The number of carbonyl (C=O) groups excluding carboxylic acids is 1. The van der Waals surface area contributed by atoms with Gasteiger partial charge in [0.05, 0.1) is 12.7 Å². The Labute approximate surface area is 123 Å². The number of anilines is 2. The molecule has 0 aromatic heterocycles. The molecule has 0 aliphatic heterocycles. The lowest BCUT2D eigenvalue weighted by molar-refractivity contribution is 0.102. The van der Waals surface area contributed by atoms with Crippen LogP contribution in [0.1, 0.15) is 10.4 Å². The van der Waals surface area contributed by atoms with Gasteiger partial charge in [-0.25, -0.2) is 4.39 Å². The highest BCUT2D eigenvalue weighted by Gasteiger charge is 2.13. The second-order valence-electron chi connectivity index (χ2n) is 4.04. The Bertz CT molecular complexity index is 662. The van der Waals surface area contributed by atoms with E-state index in [0.717, 1.165) is 10.5 Å². The van der Waals surface area contributed by atoms with Gasteiger partial charge in [-0.2, -0.15) is 0 Å². The van der Waals surface area contributed by atoms with E-state index in [0.29, 0.717) is 17.1 Å². The molecule has 0 atom stereocenters. The van der Waals surface area contributed by atoms with Crippen LogP contribution in [0, 0.1) is 5.82 Å². The van der Waals surface area contributed by atoms with E-state index in [1.807, 2.05) is 0 Å². The van der Waals surface area contributed by atoms with E-state index in [2.05, 4.69) is 21.2 Å². The zero-order valence-corrected chi connectivity index (χ0v) is 12.2. The second kappa shape index (κ2) is 5.92. The molecule has 0 saturated carbocycles. The highest BCUT2D eigenvalue weighted by atomic mass is 79.9. The number of methoxy groups -OCH3 is 1. The van der Waals surface area contributed by atoms with E-state index in [1.54, 1.807) is 18.2 Å². The van der Waals surface area contributed by atoms with Gasteiger partial charge in [0.15, 0.2) is 0 Å². The summed E-state index contributed by atoms with van der Waals surface area (Å²) in [6.07, 6.45) is 0. The molecule has 2 rings (SSSR count). The Hall–Kier alpha value is -2.08. The van der Waals surface area contributed by atoms with Crippen molar-refractivity contribution in [2.75, 3.05) is 18.2 Å². The summed E-state index contributed by atoms with van der Waals surface area (Å²) in [4.78, 5) is 12.0. The molecule has 1 amide bonds. The number of hydrogen-bond acceptors (Lipinski definition) is 3. The summed E-state index contributed by atoms with van der Waals surface area (Å²) in [6.45, 7) is 0. The molecule has 0 aliphatic carbocycles. The molecule has 0 unspecified atom stereocenters. The lowest BCUT2D eigenvalue weighted by Gasteiger charge is -2.08. The minimum absolute atomic E-state index is 0.0627. The quantitative estimate of drug-likeness (QED) is 0.842. The second-order valence-corrected chi connectivity index (χ2v) is 4.89. The Balaban J connectivity index is 2.21. The van der Waals surface area contributed by atoms with Gasteiger partial charge in [-0.3, -0.25) is 4.79 Å². The maximum Gasteiger partial charge on any atom is 0.258 e. The summed E-state index contributed by atoms with van der Waals surface area (Å²) in [7, 11) is 1.43. The maximum absolute atomic E-state index is 13.8. The summed E-state index contributed by atoms with van der Waals surface area (Å²) in [5.41, 5.74) is 6.63. The summed E-state index contributed by atoms with van der Waals surface area (Å²) in [6, 6.07) is 9.00. The molecule has 0 heterocycles. The Morgan fingerprint density at radius 2 is 2.05 bits per heavy atom. The predicted molar refractivity (Wildman–Crippen MR) is 79.5 cm³/mol. The molecule has 6 heteroatoms. The van der Waals surface area contributed by atoms with Crippen LogP contribution in [-0.2, 0) is 0 Å². The van der Waals surface area contributed by atoms with Crippen LogP contribution in [0.2, 0.25) is 0 Å². The molecule has 0 saturated heterocycles. The minimum atomic E-state index is -0.646. The average Bonchev–Trinajstić information content (AvgIpc) is 2.42. The smallest absolute Gasteiger partial charge is 0.258 e. The molecule has 0 bridgehead atoms. The number of nitrogens with two attached hydrogens (primary N) is 1. The summed E-state index contributed by atoms with van der Waals surface area (Å²) >= 11 is 3.26. The molecule has 104 valence electrons. The van der Waals surface area contributed by atoms with Gasteiger partial charge < -0.3 is 15.8 Å². The first kappa shape index (κ1) is 14.3. The number of rotatable bonds is 3. The van der Waals surface area contributed by atoms with Crippen molar-refractivity contribution in [3.63, 3.8) is 0 Å². The van der Waals surface area contributed by atoms with E-state index in [9.17, 15) is 9.18 Å². The molecule has 0 radical (unpaired) electrons. The number of nitrogens with one attached hydrogen (secondary N) is 1. The standard InChI is InChI=1S/C14H12BrFN2O2/c1-20-9-3-4-10(12(16)7-9)14(19)18-8-2-5-11(15)13(17)6-8/h2-7H,17H2,1H3,(H,18,19). The van der Waals surface area contributed by atoms with Crippen molar-refractivity contribution < 1.29 is 13.9 Å². The Morgan fingerprint density at radius 3 is 2.65 bits per heavy atom. The van der Waals surface area contributed by atoms with Gasteiger partial charge in [0.25, 0.3) is 5.91 Å². The van der Waals surface area contributed by atoms with Gasteiger partial charge in [-0.05, 0) is 46.3 Å². The van der Waals surface area contributed by atoms with E-state index in [4.69, 9.17) is 10.5 Å². The fraction of sp³-hybridized carbons (Fsp3) is 0.0714. The van der Waals surface area contributed by atoms with Crippen molar-refractivity contribution in [3.8, 4) is 5.75 Å². The van der Waals surface area contributed by atoms with Gasteiger partial charge in [0.1, 0.15) is 11.6 Å². The number of carbonyl (C=O) groups is 1. The topological polar surface area (TPSA) is 64.3 Å². The zero-order valence-electron chi connectivity index (χ0n) is 10.6. The Kier molecular flexibility index (Phi) is 4.24. The van der Waals surface area contributed by atoms with Crippen molar-refractivity contribution in [3.05, 3.63) is 52.3 Å². The van der Waals surface area contributed by atoms with E-state index in [-0.39, 0.29) is 5.56 Å². The maximum atomic E-state index is 13.8. The normalized spacial score (nSPS) is 10.2. The van der Waals surface area contributed by atoms with Crippen LogP contribution in [0.4, 0.5) is 15.8 Å². The first-order valence-corrected chi connectivity index (χ1v) is 6.50. The van der Waals surface area contributed by atoms with Crippen LogP contribution in [0.3, 0.4) is 0 Å². The fourth-order valence-electron chi connectivity index (χ4n) is 1.63. The van der Waals surface area contributed by atoms with Crippen LogP contribution >= 0.6 is 15.9 Å². The predicted octanol–water partition coefficient (Wildman–Crippen LogP) is 3.43. The first-order chi connectivity index (χ1) is 9.51. The number of halogens is 2. The minimum Gasteiger partial charge on any atom is -0.497 e. The number of hydrogen-bond donors (Lipinski definition) is 2. The zero-order chi connectivity index (χ0) is 14.7. The average molecular weight is 339 g/mol. The van der Waals surface area contributed by atoms with Crippen molar-refractivity contribution >= 4 is 33.2 Å². The molecule has 3 N–H and O–H groups in total. The van der Waals surface area contributed by atoms with Crippen LogP contribution in [-0.4, -0.2) is 13.0 Å². The molecule has 2 aromatic rings. The van der Waals surface area contributed by atoms with Crippen molar-refractivity contribution in [1.29, 1.82) is 0 Å². The van der Waals surface area contributed by atoms with Crippen LogP contribution in [0.15, 0.2) is 40.9 Å². The number of amides is 1. The van der Waals surface area contributed by atoms with Crippen LogP contribution in [0.5, 0.6) is 5.75 Å². The lowest BCUT2D eigenvalue weighted by Crippen LogP contribution is -2.14. The molecular weight excluding hydrogens is 327 g/mol. The van der Waals surface area contributed by atoms with Gasteiger partial charge in [-0.15, -0.1) is 0 Å². The monoisotopic (exact) mass is 338 g/mol. The molecule has 20 heavy (non-hydrogen) atoms. The van der Waals surface area contributed by atoms with Gasteiger partial charge in [-0.1, -0.05) is 0 Å². The fourth-order valence-corrected chi connectivity index (χ4v) is 1.87. The lowest BCUT2D eigenvalue weighted by atomic mass is 10.2. The third-order valence-corrected chi connectivity index (χ3v) is 3.40. The van der Waals surface area contributed by atoms with Gasteiger partial charge >= 0.3 is 0 Å². The van der Waals surface area contributed by atoms with E-state index >= 15 is 0 Å². The number of benzene rings is 2. The number of ether oxygens (including phenoxy) is 1. The van der Waals surface area contributed by atoms with Crippen LogP contribution < -0.4 is 15.8 Å².